The summed E-state index contributed by atoms with van der Waals surface area (Å²) in [5.74, 6) is 0.146. The predicted octanol–water partition coefficient (Wildman–Crippen LogP) is -0.679. The fourth-order valence-electron chi connectivity index (χ4n) is 1.51. The highest BCUT2D eigenvalue weighted by atomic mass is 32.2. The molecule has 0 aromatic rings. The van der Waals surface area contributed by atoms with Crippen molar-refractivity contribution in [3.05, 3.63) is 0 Å². The first kappa shape index (κ1) is 14.8. The Bertz CT molecular complexity index is 289. The van der Waals surface area contributed by atoms with Crippen molar-refractivity contribution in [2.45, 2.75) is 19.4 Å². The maximum atomic E-state index is 11.6. The summed E-state index contributed by atoms with van der Waals surface area (Å²) in [4.78, 5) is 0. The first-order valence-electron chi connectivity index (χ1n) is 6.01. The number of sulfonamides is 1. The zero-order chi connectivity index (χ0) is 12.6. The molecule has 7 heteroatoms. The first-order valence-corrected chi connectivity index (χ1v) is 7.66. The fourth-order valence-corrected chi connectivity index (χ4v) is 2.62. The van der Waals surface area contributed by atoms with Crippen molar-refractivity contribution < 1.29 is 17.9 Å². The molecule has 0 aromatic heterocycles. The molecule has 0 aromatic carbocycles. The summed E-state index contributed by atoms with van der Waals surface area (Å²) in [7, 11) is -3.19. The van der Waals surface area contributed by atoms with Crippen molar-refractivity contribution in [3.63, 3.8) is 0 Å². The third-order valence-corrected chi connectivity index (χ3v) is 3.87. The summed E-state index contributed by atoms with van der Waals surface area (Å²) in [6, 6.07) is 0. The van der Waals surface area contributed by atoms with E-state index in [-0.39, 0.29) is 11.9 Å². The van der Waals surface area contributed by atoms with E-state index in [1.54, 1.807) is 0 Å². The SMILES string of the molecule is CCNCCCS(=O)(=O)NCC1COCCO1. The Labute approximate surface area is 103 Å². The van der Waals surface area contributed by atoms with E-state index in [4.69, 9.17) is 9.47 Å². The molecule has 1 aliphatic rings. The smallest absolute Gasteiger partial charge is 0.211 e. The zero-order valence-corrected chi connectivity index (χ0v) is 11.1. The van der Waals surface area contributed by atoms with E-state index in [1.807, 2.05) is 6.92 Å². The minimum atomic E-state index is -3.19. The second-order valence-corrected chi connectivity index (χ2v) is 5.87. The van der Waals surface area contributed by atoms with Crippen molar-refractivity contribution in [1.29, 1.82) is 0 Å². The van der Waals surface area contributed by atoms with Crippen molar-refractivity contribution in [2.75, 3.05) is 45.2 Å². The van der Waals surface area contributed by atoms with Crippen molar-refractivity contribution in [3.8, 4) is 0 Å². The Morgan fingerprint density at radius 3 is 2.82 bits per heavy atom. The standard InChI is InChI=1S/C10H22N2O4S/c1-2-11-4-3-7-17(13,14)12-8-10-9-15-5-6-16-10/h10-12H,2-9H2,1H3. The van der Waals surface area contributed by atoms with Crippen LogP contribution in [0.25, 0.3) is 0 Å². The minimum Gasteiger partial charge on any atom is -0.376 e. The van der Waals surface area contributed by atoms with E-state index in [2.05, 4.69) is 10.0 Å². The second kappa shape index (κ2) is 7.99. The van der Waals surface area contributed by atoms with Crippen LogP contribution >= 0.6 is 0 Å². The summed E-state index contributed by atoms with van der Waals surface area (Å²) < 4.78 is 36.3. The van der Waals surface area contributed by atoms with Gasteiger partial charge in [0.25, 0.3) is 0 Å². The largest absolute Gasteiger partial charge is 0.376 e. The summed E-state index contributed by atoms with van der Waals surface area (Å²) >= 11 is 0. The minimum absolute atomic E-state index is 0.146. The van der Waals surface area contributed by atoms with Gasteiger partial charge in [-0.3, -0.25) is 0 Å². The van der Waals surface area contributed by atoms with Gasteiger partial charge in [0.05, 0.1) is 31.7 Å². The van der Waals surface area contributed by atoms with Gasteiger partial charge in [-0.05, 0) is 19.5 Å². The van der Waals surface area contributed by atoms with Gasteiger partial charge in [0, 0.05) is 6.54 Å². The molecule has 2 N–H and O–H groups in total. The Balaban J connectivity index is 2.14. The van der Waals surface area contributed by atoms with Crippen LogP contribution in [-0.4, -0.2) is 59.7 Å². The van der Waals surface area contributed by atoms with Crippen molar-refractivity contribution in [2.24, 2.45) is 0 Å². The van der Waals surface area contributed by atoms with E-state index >= 15 is 0 Å². The lowest BCUT2D eigenvalue weighted by Crippen LogP contribution is -2.40. The van der Waals surface area contributed by atoms with Gasteiger partial charge >= 0.3 is 0 Å². The predicted molar refractivity (Wildman–Crippen MR) is 65.5 cm³/mol. The van der Waals surface area contributed by atoms with E-state index in [0.29, 0.717) is 32.8 Å². The molecule has 0 spiro atoms. The van der Waals surface area contributed by atoms with Gasteiger partial charge in [0.2, 0.25) is 10.0 Å². The average molecular weight is 266 g/mol. The van der Waals surface area contributed by atoms with Gasteiger partial charge in [-0.2, -0.15) is 0 Å². The fraction of sp³-hybridized carbons (Fsp3) is 1.00. The molecular formula is C10H22N2O4S. The quantitative estimate of drug-likeness (QED) is 0.569. The topological polar surface area (TPSA) is 76.7 Å². The molecular weight excluding hydrogens is 244 g/mol. The van der Waals surface area contributed by atoms with E-state index in [1.165, 1.54) is 0 Å². The van der Waals surface area contributed by atoms with Crippen LogP contribution in [0.2, 0.25) is 0 Å². The van der Waals surface area contributed by atoms with Gasteiger partial charge in [-0.15, -0.1) is 0 Å². The van der Waals surface area contributed by atoms with Crippen molar-refractivity contribution in [1.82, 2.24) is 10.0 Å². The molecule has 0 radical (unpaired) electrons. The van der Waals surface area contributed by atoms with Crippen LogP contribution in [0.3, 0.4) is 0 Å². The summed E-state index contributed by atoms with van der Waals surface area (Å²) in [5, 5.41) is 3.09. The highest BCUT2D eigenvalue weighted by Crippen LogP contribution is 2.00. The van der Waals surface area contributed by atoms with E-state index in [0.717, 1.165) is 13.1 Å². The van der Waals surface area contributed by atoms with Gasteiger partial charge in [0.15, 0.2) is 0 Å². The second-order valence-electron chi connectivity index (χ2n) is 3.94. The maximum Gasteiger partial charge on any atom is 0.211 e. The molecule has 1 rings (SSSR count). The van der Waals surface area contributed by atoms with Crippen LogP contribution in [0, 0.1) is 0 Å². The van der Waals surface area contributed by atoms with Crippen LogP contribution in [0.4, 0.5) is 0 Å². The van der Waals surface area contributed by atoms with E-state index < -0.39 is 10.0 Å². The van der Waals surface area contributed by atoms with Crippen LogP contribution in [0.5, 0.6) is 0 Å². The number of nitrogens with one attached hydrogen (secondary N) is 2. The summed E-state index contributed by atoms with van der Waals surface area (Å²) in [6.07, 6.45) is 0.456. The molecule has 6 nitrogen and oxygen atoms in total. The molecule has 1 fully saturated rings. The third-order valence-electron chi connectivity index (χ3n) is 2.43. The molecule has 0 saturated carbocycles. The molecule has 1 aliphatic heterocycles. The molecule has 1 atom stereocenters. The lowest BCUT2D eigenvalue weighted by molar-refractivity contribution is -0.0846. The Hall–Kier alpha value is -0.210. The first-order chi connectivity index (χ1) is 8.14. The summed E-state index contributed by atoms with van der Waals surface area (Å²) in [6.45, 7) is 5.45. The third kappa shape index (κ3) is 6.95. The van der Waals surface area contributed by atoms with Gasteiger partial charge < -0.3 is 14.8 Å². The van der Waals surface area contributed by atoms with Gasteiger partial charge in [-0.1, -0.05) is 6.92 Å². The number of hydrogen-bond donors (Lipinski definition) is 2. The molecule has 0 bridgehead atoms. The Kier molecular flexibility index (Phi) is 6.98. The number of rotatable bonds is 8. The lowest BCUT2D eigenvalue weighted by atomic mass is 10.3. The number of ether oxygens (including phenoxy) is 2. The average Bonchev–Trinajstić information content (AvgIpc) is 2.34. The molecule has 1 heterocycles. The van der Waals surface area contributed by atoms with Crippen LogP contribution < -0.4 is 10.0 Å². The molecule has 102 valence electrons. The summed E-state index contributed by atoms with van der Waals surface area (Å²) in [5.41, 5.74) is 0. The normalized spacial score (nSPS) is 21.6. The van der Waals surface area contributed by atoms with Crippen LogP contribution in [0.1, 0.15) is 13.3 Å². The van der Waals surface area contributed by atoms with Crippen LogP contribution in [-0.2, 0) is 19.5 Å². The highest BCUT2D eigenvalue weighted by molar-refractivity contribution is 7.89. The highest BCUT2D eigenvalue weighted by Gasteiger charge is 2.17. The molecule has 0 amide bonds. The number of hydrogen-bond acceptors (Lipinski definition) is 5. The Morgan fingerprint density at radius 1 is 1.35 bits per heavy atom. The zero-order valence-electron chi connectivity index (χ0n) is 10.3. The van der Waals surface area contributed by atoms with Gasteiger partial charge in [0.1, 0.15) is 0 Å². The van der Waals surface area contributed by atoms with Gasteiger partial charge in [-0.25, -0.2) is 13.1 Å². The van der Waals surface area contributed by atoms with E-state index in [9.17, 15) is 8.42 Å². The van der Waals surface area contributed by atoms with Crippen molar-refractivity contribution >= 4 is 10.0 Å². The molecule has 1 saturated heterocycles. The monoisotopic (exact) mass is 266 g/mol. The Morgan fingerprint density at radius 2 is 2.18 bits per heavy atom. The molecule has 0 aliphatic carbocycles. The molecule has 17 heavy (non-hydrogen) atoms. The maximum absolute atomic E-state index is 11.6. The van der Waals surface area contributed by atoms with Crippen LogP contribution in [0.15, 0.2) is 0 Å². The lowest BCUT2D eigenvalue weighted by Gasteiger charge is -2.23. The molecule has 1 unspecified atom stereocenters.